The highest BCUT2D eigenvalue weighted by Crippen LogP contribution is 2.38. The van der Waals surface area contributed by atoms with Crippen LogP contribution in [-0.4, -0.2) is 32.2 Å². The van der Waals surface area contributed by atoms with Crippen molar-refractivity contribution in [3.63, 3.8) is 0 Å². The molecule has 0 amide bonds. The van der Waals surface area contributed by atoms with Crippen LogP contribution < -0.4 is 0 Å². The molecule has 0 radical (unpaired) electrons. The zero-order valence-corrected chi connectivity index (χ0v) is 6.77. The van der Waals surface area contributed by atoms with Gasteiger partial charge in [0.15, 0.2) is 0 Å². The highest BCUT2D eigenvalue weighted by Gasteiger charge is 2.56. The molecule has 66 valence electrons. The van der Waals surface area contributed by atoms with Crippen molar-refractivity contribution < 1.29 is 20.3 Å². The van der Waals surface area contributed by atoms with E-state index in [-0.39, 0.29) is 5.23 Å². The molecule has 1 aliphatic rings. The molecule has 1 unspecified atom stereocenters. The van der Waals surface area contributed by atoms with E-state index in [1.807, 2.05) is 0 Å². The third-order valence-electron chi connectivity index (χ3n) is 2.23. The van der Waals surface area contributed by atoms with E-state index < -0.39 is 17.4 Å². The Hall–Kier alpha value is -0.200. The Kier molecular flexibility index (Phi) is 1.74. The molecule has 5 nitrogen and oxygen atoms in total. The lowest BCUT2D eigenvalue weighted by atomic mass is 9.91. The second kappa shape index (κ2) is 2.15. The van der Waals surface area contributed by atoms with E-state index in [0.29, 0.717) is 0 Å². The van der Waals surface area contributed by atoms with Gasteiger partial charge in [0, 0.05) is 0 Å². The Morgan fingerprint density at radius 1 is 1.36 bits per heavy atom. The molecular formula is C6H13NO4. The summed E-state index contributed by atoms with van der Waals surface area (Å²) in [5.74, 6) is -2.87. The first-order chi connectivity index (χ1) is 4.78. The predicted octanol–water partition coefficient (Wildman–Crippen LogP) is -0.324. The molecular weight excluding hydrogens is 150 g/mol. The number of nitrogens with zero attached hydrogens (tertiary/aromatic N) is 1. The van der Waals surface area contributed by atoms with Gasteiger partial charge in [0.2, 0.25) is 0 Å². The lowest BCUT2D eigenvalue weighted by Gasteiger charge is -2.24. The SMILES string of the molecule is CC1C(C)(C)ON(O)C1(O)O. The average molecular weight is 163 g/mol. The van der Waals surface area contributed by atoms with Crippen LogP contribution in [0.3, 0.4) is 0 Å². The minimum Gasteiger partial charge on any atom is -0.350 e. The fraction of sp³-hybridized carbons (Fsp3) is 1.00. The minimum atomic E-state index is -2.29. The van der Waals surface area contributed by atoms with Crippen LogP contribution in [0, 0.1) is 5.92 Å². The first-order valence-corrected chi connectivity index (χ1v) is 3.41. The molecule has 1 rings (SSSR count). The molecule has 1 heterocycles. The molecule has 1 aliphatic heterocycles. The molecule has 1 fully saturated rings. The van der Waals surface area contributed by atoms with Gasteiger partial charge in [0.1, 0.15) is 0 Å². The van der Waals surface area contributed by atoms with Gasteiger partial charge in [0.05, 0.1) is 11.5 Å². The standard InChI is InChI=1S/C6H13NO4/c1-4-5(2,3)11-7(10)6(4,8)9/h4,8-10H,1-3H3. The van der Waals surface area contributed by atoms with E-state index in [4.69, 9.17) is 10.0 Å². The average Bonchev–Trinajstić information content (AvgIpc) is 1.94. The normalized spacial score (nSPS) is 36.0. The fourth-order valence-electron chi connectivity index (χ4n) is 1.00. The summed E-state index contributed by atoms with van der Waals surface area (Å²) >= 11 is 0. The van der Waals surface area contributed by atoms with Crippen LogP contribution in [0.15, 0.2) is 0 Å². The first kappa shape index (κ1) is 8.89. The van der Waals surface area contributed by atoms with Crippen LogP contribution in [0.2, 0.25) is 0 Å². The van der Waals surface area contributed by atoms with E-state index >= 15 is 0 Å². The maximum atomic E-state index is 9.17. The van der Waals surface area contributed by atoms with Crippen molar-refractivity contribution in [2.45, 2.75) is 32.3 Å². The van der Waals surface area contributed by atoms with Crippen LogP contribution in [0.4, 0.5) is 0 Å². The molecule has 0 aliphatic carbocycles. The Morgan fingerprint density at radius 2 is 1.82 bits per heavy atom. The van der Waals surface area contributed by atoms with Gasteiger partial charge in [-0.05, 0) is 19.1 Å². The lowest BCUT2D eigenvalue weighted by molar-refractivity contribution is -0.463. The zero-order chi connectivity index (χ0) is 8.86. The van der Waals surface area contributed by atoms with Crippen LogP contribution in [0.5, 0.6) is 0 Å². The largest absolute Gasteiger partial charge is 0.350 e. The van der Waals surface area contributed by atoms with Gasteiger partial charge in [-0.3, -0.25) is 10.0 Å². The van der Waals surface area contributed by atoms with Crippen molar-refractivity contribution in [1.29, 1.82) is 0 Å². The predicted molar refractivity (Wildman–Crippen MR) is 35.1 cm³/mol. The van der Waals surface area contributed by atoms with Crippen molar-refractivity contribution in [3.05, 3.63) is 0 Å². The van der Waals surface area contributed by atoms with Gasteiger partial charge < -0.3 is 10.2 Å². The highest BCUT2D eigenvalue weighted by atomic mass is 16.9. The van der Waals surface area contributed by atoms with E-state index in [1.54, 1.807) is 20.8 Å². The molecule has 5 heteroatoms. The van der Waals surface area contributed by atoms with Crippen LogP contribution in [-0.2, 0) is 4.84 Å². The summed E-state index contributed by atoms with van der Waals surface area (Å²) in [5.41, 5.74) is -0.766. The topological polar surface area (TPSA) is 73.2 Å². The second-order valence-electron chi connectivity index (χ2n) is 3.38. The van der Waals surface area contributed by atoms with Crippen molar-refractivity contribution >= 4 is 0 Å². The van der Waals surface area contributed by atoms with Crippen LogP contribution in [0.25, 0.3) is 0 Å². The van der Waals surface area contributed by atoms with Gasteiger partial charge in [-0.25, -0.2) is 0 Å². The zero-order valence-electron chi connectivity index (χ0n) is 6.77. The number of hydroxylamine groups is 2. The van der Waals surface area contributed by atoms with Crippen molar-refractivity contribution in [2.75, 3.05) is 0 Å². The van der Waals surface area contributed by atoms with E-state index in [9.17, 15) is 10.2 Å². The Labute approximate surface area is 64.7 Å². The number of aliphatic hydroxyl groups is 2. The molecule has 3 N–H and O–H groups in total. The fourth-order valence-corrected chi connectivity index (χ4v) is 1.00. The molecule has 0 aromatic heterocycles. The smallest absolute Gasteiger partial charge is 0.277 e. The molecule has 0 saturated carbocycles. The summed E-state index contributed by atoms with van der Waals surface area (Å²) in [6, 6.07) is 0. The maximum absolute atomic E-state index is 9.17. The third kappa shape index (κ3) is 1.15. The van der Waals surface area contributed by atoms with Crippen molar-refractivity contribution in [2.24, 2.45) is 5.92 Å². The number of rotatable bonds is 0. The summed E-state index contributed by atoms with van der Waals surface area (Å²) in [7, 11) is 0. The van der Waals surface area contributed by atoms with Crippen LogP contribution >= 0.6 is 0 Å². The van der Waals surface area contributed by atoms with E-state index in [0.717, 1.165) is 0 Å². The number of hydrogen-bond acceptors (Lipinski definition) is 5. The number of hydrogen-bond donors (Lipinski definition) is 3. The Morgan fingerprint density at radius 3 is 1.91 bits per heavy atom. The molecule has 1 saturated heterocycles. The van der Waals surface area contributed by atoms with Crippen molar-refractivity contribution in [3.8, 4) is 0 Å². The highest BCUT2D eigenvalue weighted by molar-refractivity contribution is 4.87. The van der Waals surface area contributed by atoms with Gasteiger partial charge in [-0.15, -0.1) is 0 Å². The van der Waals surface area contributed by atoms with Gasteiger partial charge in [0.25, 0.3) is 5.91 Å². The summed E-state index contributed by atoms with van der Waals surface area (Å²) < 4.78 is 0. The molecule has 0 bridgehead atoms. The summed E-state index contributed by atoms with van der Waals surface area (Å²) in [5, 5.41) is 27.3. The third-order valence-corrected chi connectivity index (χ3v) is 2.23. The quantitative estimate of drug-likeness (QED) is 0.427. The van der Waals surface area contributed by atoms with Gasteiger partial charge >= 0.3 is 0 Å². The summed E-state index contributed by atoms with van der Waals surface area (Å²) in [6.07, 6.45) is 0. The minimum absolute atomic E-state index is 0.0810. The monoisotopic (exact) mass is 163 g/mol. The van der Waals surface area contributed by atoms with Crippen LogP contribution in [0.1, 0.15) is 20.8 Å². The van der Waals surface area contributed by atoms with Gasteiger partial charge in [-0.2, -0.15) is 0 Å². The summed E-state index contributed by atoms with van der Waals surface area (Å²) in [4.78, 5) is 4.77. The van der Waals surface area contributed by atoms with Gasteiger partial charge in [-0.1, -0.05) is 6.92 Å². The lowest BCUT2D eigenvalue weighted by Crippen LogP contribution is -2.46. The van der Waals surface area contributed by atoms with E-state index in [1.165, 1.54) is 0 Å². The molecule has 0 aromatic rings. The Bertz CT molecular complexity index is 168. The second-order valence-corrected chi connectivity index (χ2v) is 3.38. The molecule has 0 aromatic carbocycles. The molecule has 1 atom stereocenters. The summed E-state index contributed by atoms with van der Waals surface area (Å²) in [6.45, 7) is 4.90. The molecule has 11 heavy (non-hydrogen) atoms. The Balaban J connectivity index is 2.89. The van der Waals surface area contributed by atoms with E-state index in [2.05, 4.69) is 0 Å². The van der Waals surface area contributed by atoms with Crippen molar-refractivity contribution in [1.82, 2.24) is 5.23 Å². The maximum Gasteiger partial charge on any atom is 0.277 e. The first-order valence-electron chi connectivity index (χ1n) is 3.41. The molecule has 0 spiro atoms.